The molecule has 30 heavy (non-hydrogen) atoms. The molecule has 6 nitrogen and oxygen atoms in total. The minimum atomic E-state index is -3.79. The number of hydrogen-bond donors (Lipinski definition) is 0. The van der Waals surface area contributed by atoms with Crippen LogP contribution in [0.3, 0.4) is 0 Å². The van der Waals surface area contributed by atoms with Crippen molar-refractivity contribution >= 4 is 32.5 Å². The van der Waals surface area contributed by atoms with Gasteiger partial charge in [-0.15, -0.1) is 11.3 Å². The maximum absolute atomic E-state index is 13.5. The van der Waals surface area contributed by atoms with E-state index < -0.39 is 15.8 Å². The molecule has 8 heteroatoms. The second kappa shape index (κ2) is 8.22. The average molecular weight is 443 g/mol. The molecule has 2 aromatic heterocycles. The molecule has 0 radical (unpaired) electrons. The van der Waals surface area contributed by atoms with Crippen LogP contribution >= 0.6 is 11.3 Å². The quantitative estimate of drug-likeness (QED) is 0.435. The smallest absolute Gasteiger partial charge is 0.408 e. The summed E-state index contributed by atoms with van der Waals surface area (Å²) in [6.45, 7) is 2.65. The monoisotopic (exact) mass is 442 g/mol. The Labute approximate surface area is 179 Å². The number of nitrogens with zero attached hydrogens (tertiary/aromatic N) is 2. The normalized spacial score (nSPS) is 12.1. The van der Waals surface area contributed by atoms with E-state index in [2.05, 4.69) is 0 Å². The first-order chi connectivity index (χ1) is 14.3. The van der Waals surface area contributed by atoms with Gasteiger partial charge in [0.1, 0.15) is 0 Å². The third kappa shape index (κ3) is 4.12. The molecule has 0 unspecified atom stereocenters. The van der Waals surface area contributed by atoms with E-state index in [0.29, 0.717) is 25.0 Å². The molecule has 0 aliphatic heterocycles. The van der Waals surface area contributed by atoms with Gasteiger partial charge >= 0.3 is 5.76 Å². The molecule has 2 aromatic carbocycles. The molecule has 0 saturated heterocycles. The minimum absolute atomic E-state index is 0.116. The van der Waals surface area contributed by atoms with Crippen LogP contribution in [0.2, 0.25) is 0 Å². The number of aromatic nitrogens is 1. The Balaban J connectivity index is 1.69. The highest BCUT2D eigenvalue weighted by Crippen LogP contribution is 2.25. The summed E-state index contributed by atoms with van der Waals surface area (Å²) in [6.07, 6.45) is 0.604. The summed E-state index contributed by atoms with van der Waals surface area (Å²) in [6, 6.07) is 18.3. The highest BCUT2D eigenvalue weighted by atomic mass is 32.2. The van der Waals surface area contributed by atoms with Crippen molar-refractivity contribution in [2.45, 2.75) is 24.8 Å². The standard InChI is InChI=1S/C22H22N2O4S2/c1-16-8-9-18(29-16)15-24(13-12-17-6-4-3-5-7-17)30(26,27)19-10-11-20-21(14-19)28-22(25)23(20)2/h3-11,14H,12-13,15H2,1-2H3. The molecule has 4 aromatic rings. The summed E-state index contributed by atoms with van der Waals surface area (Å²) in [5.41, 5.74) is 1.90. The van der Waals surface area contributed by atoms with E-state index in [9.17, 15) is 13.2 Å². The van der Waals surface area contributed by atoms with Crippen molar-refractivity contribution in [2.75, 3.05) is 6.54 Å². The second-order valence-corrected chi connectivity index (χ2v) is 10.5. The number of fused-ring (bicyclic) bond motifs is 1. The Morgan fingerprint density at radius 2 is 1.83 bits per heavy atom. The van der Waals surface area contributed by atoms with Crippen molar-refractivity contribution in [3.8, 4) is 0 Å². The minimum Gasteiger partial charge on any atom is -0.408 e. The molecule has 2 heterocycles. The van der Waals surface area contributed by atoms with Crippen LogP contribution in [0.5, 0.6) is 0 Å². The Bertz CT molecular complexity index is 1330. The molecule has 0 saturated carbocycles. The van der Waals surface area contributed by atoms with Crippen LogP contribution in [-0.2, 0) is 30.0 Å². The van der Waals surface area contributed by atoms with Crippen molar-refractivity contribution in [3.05, 3.63) is 86.5 Å². The highest BCUT2D eigenvalue weighted by molar-refractivity contribution is 7.89. The van der Waals surface area contributed by atoms with Gasteiger partial charge in [-0.2, -0.15) is 4.31 Å². The van der Waals surface area contributed by atoms with E-state index in [4.69, 9.17) is 4.42 Å². The number of benzene rings is 2. The van der Waals surface area contributed by atoms with E-state index in [1.165, 1.54) is 21.0 Å². The fourth-order valence-corrected chi connectivity index (χ4v) is 5.77. The lowest BCUT2D eigenvalue weighted by Gasteiger charge is -2.22. The number of sulfonamides is 1. The van der Waals surface area contributed by atoms with Crippen LogP contribution in [0.25, 0.3) is 11.1 Å². The largest absolute Gasteiger partial charge is 0.419 e. The lowest BCUT2D eigenvalue weighted by Crippen LogP contribution is -2.32. The fraction of sp³-hybridized carbons (Fsp3) is 0.227. The summed E-state index contributed by atoms with van der Waals surface area (Å²) >= 11 is 1.59. The van der Waals surface area contributed by atoms with Crippen LogP contribution in [0, 0.1) is 6.92 Å². The number of rotatable bonds is 7. The predicted octanol–water partition coefficient (Wildman–Crippen LogP) is 3.94. The Morgan fingerprint density at radius 1 is 1.07 bits per heavy atom. The lowest BCUT2D eigenvalue weighted by atomic mass is 10.1. The predicted molar refractivity (Wildman–Crippen MR) is 118 cm³/mol. The molecule has 0 spiro atoms. The average Bonchev–Trinajstić information content (AvgIpc) is 3.27. The van der Waals surface area contributed by atoms with E-state index in [1.807, 2.05) is 49.4 Å². The summed E-state index contributed by atoms with van der Waals surface area (Å²) < 4.78 is 35.0. The highest BCUT2D eigenvalue weighted by Gasteiger charge is 2.26. The zero-order chi connectivity index (χ0) is 21.3. The molecule has 0 aliphatic rings. The number of thiophene rings is 1. The van der Waals surface area contributed by atoms with Crippen molar-refractivity contribution in [2.24, 2.45) is 7.05 Å². The first-order valence-corrected chi connectivity index (χ1v) is 11.8. The molecule has 0 bridgehead atoms. The number of oxazole rings is 1. The Morgan fingerprint density at radius 3 is 2.53 bits per heavy atom. The molecule has 0 aliphatic carbocycles. The Kier molecular flexibility index (Phi) is 5.64. The van der Waals surface area contributed by atoms with Gasteiger partial charge in [0.05, 0.1) is 10.4 Å². The summed E-state index contributed by atoms with van der Waals surface area (Å²) in [5, 5.41) is 0. The Hall–Kier alpha value is -2.68. The molecule has 0 amide bonds. The van der Waals surface area contributed by atoms with Crippen LogP contribution in [-0.4, -0.2) is 23.8 Å². The number of hydrogen-bond acceptors (Lipinski definition) is 5. The zero-order valence-electron chi connectivity index (χ0n) is 16.7. The van der Waals surface area contributed by atoms with Crippen molar-refractivity contribution in [1.82, 2.24) is 8.87 Å². The van der Waals surface area contributed by atoms with Crippen LogP contribution in [0.15, 0.2) is 74.8 Å². The number of aryl methyl sites for hydroxylation is 2. The first-order valence-electron chi connectivity index (χ1n) is 9.53. The molecular formula is C22H22N2O4S2. The van der Waals surface area contributed by atoms with Gasteiger partial charge in [0, 0.05) is 36.0 Å². The maximum Gasteiger partial charge on any atom is 0.419 e. The van der Waals surface area contributed by atoms with E-state index >= 15 is 0 Å². The third-order valence-corrected chi connectivity index (χ3v) is 7.85. The first kappa shape index (κ1) is 20.6. The second-order valence-electron chi connectivity index (χ2n) is 7.14. The van der Waals surface area contributed by atoms with Crippen molar-refractivity contribution < 1.29 is 12.8 Å². The van der Waals surface area contributed by atoms with E-state index in [0.717, 1.165) is 15.3 Å². The molecule has 0 atom stereocenters. The van der Waals surface area contributed by atoms with Crippen LogP contribution < -0.4 is 5.76 Å². The summed E-state index contributed by atoms with van der Waals surface area (Å²) in [5.74, 6) is -0.519. The van der Waals surface area contributed by atoms with Gasteiger partial charge in [0.2, 0.25) is 10.0 Å². The van der Waals surface area contributed by atoms with Crippen molar-refractivity contribution in [3.63, 3.8) is 0 Å². The van der Waals surface area contributed by atoms with Gasteiger partial charge in [0.25, 0.3) is 0 Å². The zero-order valence-corrected chi connectivity index (χ0v) is 18.4. The van der Waals surface area contributed by atoms with Crippen LogP contribution in [0.1, 0.15) is 15.3 Å². The van der Waals surface area contributed by atoms with Gasteiger partial charge in [-0.05, 0) is 43.2 Å². The molecule has 156 valence electrons. The molecule has 0 fully saturated rings. The molecule has 0 N–H and O–H groups in total. The van der Waals surface area contributed by atoms with Gasteiger partial charge < -0.3 is 4.42 Å². The van der Waals surface area contributed by atoms with Crippen LogP contribution in [0.4, 0.5) is 0 Å². The van der Waals surface area contributed by atoms with Gasteiger partial charge in [-0.25, -0.2) is 13.2 Å². The van der Waals surface area contributed by atoms with Gasteiger partial charge in [0.15, 0.2) is 5.58 Å². The SMILES string of the molecule is Cc1ccc(CN(CCc2ccccc2)S(=O)(=O)c2ccc3c(c2)oc(=O)n3C)s1. The van der Waals surface area contributed by atoms with Gasteiger partial charge in [-0.3, -0.25) is 4.57 Å². The molecule has 4 rings (SSSR count). The summed E-state index contributed by atoms with van der Waals surface area (Å²) in [4.78, 5) is 14.0. The summed E-state index contributed by atoms with van der Waals surface area (Å²) in [7, 11) is -2.20. The maximum atomic E-state index is 13.5. The molecular weight excluding hydrogens is 420 g/mol. The topological polar surface area (TPSA) is 72.5 Å². The van der Waals surface area contributed by atoms with E-state index in [1.54, 1.807) is 24.5 Å². The fourth-order valence-electron chi connectivity index (χ4n) is 3.35. The van der Waals surface area contributed by atoms with E-state index in [-0.39, 0.29) is 10.5 Å². The third-order valence-electron chi connectivity index (χ3n) is 5.02. The van der Waals surface area contributed by atoms with Gasteiger partial charge in [-0.1, -0.05) is 30.3 Å². The van der Waals surface area contributed by atoms with Crippen molar-refractivity contribution in [1.29, 1.82) is 0 Å². The lowest BCUT2D eigenvalue weighted by molar-refractivity contribution is 0.412.